The molecule has 4 heteroatoms. The van der Waals surface area contributed by atoms with E-state index in [1.165, 1.54) is 6.07 Å². The van der Waals surface area contributed by atoms with Crippen LogP contribution < -0.4 is 5.32 Å². The van der Waals surface area contributed by atoms with Gasteiger partial charge in [-0.05, 0) is 38.2 Å². The quantitative estimate of drug-likeness (QED) is 0.866. The molecule has 0 fully saturated rings. The van der Waals surface area contributed by atoms with E-state index in [9.17, 15) is 4.39 Å². The lowest BCUT2D eigenvalue weighted by atomic mass is 10.3. The van der Waals surface area contributed by atoms with E-state index in [-0.39, 0.29) is 5.82 Å². The van der Waals surface area contributed by atoms with Crippen LogP contribution in [0.1, 0.15) is 11.5 Å². The fraction of sp³-hybridized carbons (Fsp3) is 0.333. The number of hydrogen-bond donors (Lipinski definition) is 1. The highest BCUT2D eigenvalue weighted by atomic mass is 19.1. The van der Waals surface area contributed by atoms with E-state index in [1.54, 1.807) is 12.1 Å². The third kappa shape index (κ3) is 4.10. The Morgan fingerprint density at radius 3 is 2.68 bits per heavy atom. The van der Waals surface area contributed by atoms with Crippen LogP contribution in [0, 0.1) is 12.7 Å². The van der Waals surface area contributed by atoms with Crippen LogP contribution in [-0.2, 0) is 6.54 Å². The highest BCUT2D eigenvalue weighted by molar-refractivity contribution is 5.44. The summed E-state index contributed by atoms with van der Waals surface area (Å²) in [6.45, 7) is 4.20. The highest BCUT2D eigenvalue weighted by Crippen LogP contribution is 2.12. The summed E-state index contributed by atoms with van der Waals surface area (Å²) in [6, 6.07) is 10.6. The number of rotatable bonds is 6. The first-order valence-electron chi connectivity index (χ1n) is 6.37. The normalized spacial score (nSPS) is 10.9. The van der Waals surface area contributed by atoms with Crippen LogP contribution in [0.3, 0.4) is 0 Å². The summed E-state index contributed by atoms with van der Waals surface area (Å²) < 4.78 is 18.9. The SMILES string of the molecule is Cc1ccc(CN(C)CCNc2ccccc2F)o1. The summed E-state index contributed by atoms with van der Waals surface area (Å²) in [5.74, 6) is 1.66. The minimum Gasteiger partial charge on any atom is -0.465 e. The molecule has 0 aliphatic rings. The van der Waals surface area contributed by atoms with Gasteiger partial charge in [-0.3, -0.25) is 4.90 Å². The van der Waals surface area contributed by atoms with Crippen LogP contribution in [0.4, 0.5) is 10.1 Å². The first kappa shape index (κ1) is 13.6. The zero-order valence-electron chi connectivity index (χ0n) is 11.3. The van der Waals surface area contributed by atoms with E-state index >= 15 is 0 Å². The topological polar surface area (TPSA) is 28.4 Å². The van der Waals surface area contributed by atoms with E-state index in [0.29, 0.717) is 12.2 Å². The molecule has 0 unspecified atom stereocenters. The fourth-order valence-corrected chi connectivity index (χ4v) is 1.90. The lowest BCUT2D eigenvalue weighted by molar-refractivity contribution is 0.302. The lowest BCUT2D eigenvalue weighted by Crippen LogP contribution is -2.24. The number of halogens is 1. The first-order chi connectivity index (χ1) is 9.15. The molecule has 0 aliphatic heterocycles. The Morgan fingerprint density at radius 1 is 1.21 bits per heavy atom. The average Bonchev–Trinajstić information content (AvgIpc) is 2.77. The average molecular weight is 262 g/mol. The Balaban J connectivity index is 1.75. The maximum absolute atomic E-state index is 13.4. The maximum Gasteiger partial charge on any atom is 0.146 e. The molecule has 1 aromatic heterocycles. The van der Waals surface area contributed by atoms with E-state index in [2.05, 4.69) is 10.2 Å². The lowest BCUT2D eigenvalue weighted by Gasteiger charge is -2.16. The standard InChI is InChI=1S/C15H19FN2O/c1-12-7-8-13(19-12)11-18(2)10-9-17-15-6-4-3-5-14(15)16/h3-8,17H,9-11H2,1-2H3. The Kier molecular flexibility index (Phi) is 4.58. The van der Waals surface area contributed by atoms with Crippen molar-refractivity contribution in [3.8, 4) is 0 Å². The Morgan fingerprint density at radius 2 is 2.00 bits per heavy atom. The monoisotopic (exact) mass is 262 g/mol. The number of likely N-dealkylation sites (N-methyl/N-ethyl adjacent to an activating group) is 1. The molecule has 19 heavy (non-hydrogen) atoms. The second-order valence-electron chi connectivity index (χ2n) is 4.66. The Labute approximate surface area is 113 Å². The van der Waals surface area contributed by atoms with Crippen molar-refractivity contribution in [3.05, 3.63) is 53.7 Å². The molecule has 102 valence electrons. The molecule has 3 nitrogen and oxygen atoms in total. The molecule has 1 N–H and O–H groups in total. The maximum atomic E-state index is 13.4. The van der Waals surface area contributed by atoms with Gasteiger partial charge in [0.15, 0.2) is 0 Å². The Bertz CT molecular complexity index is 524. The van der Waals surface area contributed by atoms with E-state index < -0.39 is 0 Å². The molecule has 0 aliphatic carbocycles. The molecule has 1 heterocycles. The number of nitrogens with zero attached hydrogens (tertiary/aromatic N) is 1. The van der Waals surface area contributed by atoms with Gasteiger partial charge in [0.25, 0.3) is 0 Å². The Hall–Kier alpha value is -1.81. The summed E-state index contributed by atoms with van der Waals surface area (Å²) in [6.07, 6.45) is 0. The summed E-state index contributed by atoms with van der Waals surface area (Å²) in [5, 5.41) is 3.09. The van der Waals surface area contributed by atoms with Gasteiger partial charge < -0.3 is 9.73 Å². The van der Waals surface area contributed by atoms with Crippen LogP contribution in [0.2, 0.25) is 0 Å². The molecule has 0 saturated heterocycles. The van der Waals surface area contributed by atoms with Crippen LogP contribution in [0.5, 0.6) is 0 Å². The second kappa shape index (κ2) is 6.38. The fourth-order valence-electron chi connectivity index (χ4n) is 1.90. The van der Waals surface area contributed by atoms with Crippen molar-refractivity contribution in [1.29, 1.82) is 0 Å². The van der Waals surface area contributed by atoms with Gasteiger partial charge in [0.1, 0.15) is 17.3 Å². The van der Waals surface area contributed by atoms with Gasteiger partial charge in [0.2, 0.25) is 0 Å². The van der Waals surface area contributed by atoms with Gasteiger partial charge in [-0.15, -0.1) is 0 Å². The van der Waals surface area contributed by atoms with Crippen molar-refractivity contribution in [2.24, 2.45) is 0 Å². The molecule has 0 amide bonds. The third-order valence-corrected chi connectivity index (χ3v) is 2.90. The van der Waals surface area contributed by atoms with Gasteiger partial charge in [-0.25, -0.2) is 4.39 Å². The smallest absolute Gasteiger partial charge is 0.146 e. The van der Waals surface area contributed by atoms with Crippen LogP contribution in [-0.4, -0.2) is 25.0 Å². The van der Waals surface area contributed by atoms with Crippen molar-refractivity contribution in [3.63, 3.8) is 0 Å². The molecule has 0 saturated carbocycles. The second-order valence-corrected chi connectivity index (χ2v) is 4.66. The molecule has 2 rings (SSSR count). The summed E-state index contributed by atoms with van der Waals surface area (Å²) in [4.78, 5) is 2.13. The molecule has 0 bridgehead atoms. The molecule has 1 aromatic carbocycles. The number of para-hydroxylation sites is 1. The molecule has 0 spiro atoms. The molecule has 0 atom stereocenters. The van der Waals surface area contributed by atoms with Gasteiger partial charge in [0.05, 0.1) is 12.2 Å². The predicted octanol–water partition coefficient (Wildman–Crippen LogP) is 3.27. The predicted molar refractivity (Wildman–Crippen MR) is 74.7 cm³/mol. The molecular weight excluding hydrogens is 243 g/mol. The van der Waals surface area contributed by atoms with Crippen LogP contribution in [0.25, 0.3) is 0 Å². The number of hydrogen-bond acceptors (Lipinski definition) is 3. The van der Waals surface area contributed by atoms with E-state index in [4.69, 9.17) is 4.42 Å². The number of aryl methyl sites for hydroxylation is 1. The van der Waals surface area contributed by atoms with Crippen molar-refractivity contribution < 1.29 is 8.81 Å². The van der Waals surface area contributed by atoms with Crippen molar-refractivity contribution in [2.75, 3.05) is 25.5 Å². The van der Waals surface area contributed by atoms with E-state index in [0.717, 1.165) is 24.6 Å². The molecule has 2 aromatic rings. The van der Waals surface area contributed by atoms with Crippen LogP contribution in [0.15, 0.2) is 40.8 Å². The largest absolute Gasteiger partial charge is 0.465 e. The third-order valence-electron chi connectivity index (χ3n) is 2.90. The van der Waals surface area contributed by atoms with Crippen molar-refractivity contribution >= 4 is 5.69 Å². The summed E-state index contributed by atoms with van der Waals surface area (Å²) in [7, 11) is 2.01. The zero-order valence-corrected chi connectivity index (χ0v) is 11.3. The number of anilines is 1. The molecular formula is C15H19FN2O. The minimum absolute atomic E-state index is 0.216. The van der Waals surface area contributed by atoms with Gasteiger partial charge in [-0.1, -0.05) is 12.1 Å². The first-order valence-corrected chi connectivity index (χ1v) is 6.37. The minimum atomic E-state index is -0.216. The number of nitrogens with one attached hydrogen (secondary N) is 1. The highest BCUT2D eigenvalue weighted by Gasteiger charge is 2.04. The van der Waals surface area contributed by atoms with Gasteiger partial charge in [-0.2, -0.15) is 0 Å². The molecule has 0 radical (unpaired) electrons. The summed E-state index contributed by atoms with van der Waals surface area (Å²) >= 11 is 0. The van der Waals surface area contributed by atoms with Gasteiger partial charge >= 0.3 is 0 Å². The van der Waals surface area contributed by atoms with E-state index in [1.807, 2.05) is 32.2 Å². The number of furan rings is 1. The van der Waals surface area contributed by atoms with Crippen molar-refractivity contribution in [2.45, 2.75) is 13.5 Å². The van der Waals surface area contributed by atoms with Crippen molar-refractivity contribution in [1.82, 2.24) is 4.90 Å². The zero-order chi connectivity index (χ0) is 13.7. The van der Waals surface area contributed by atoms with Crippen LogP contribution >= 0.6 is 0 Å². The van der Waals surface area contributed by atoms with Gasteiger partial charge in [0, 0.05) is 13.1 Å². The number of benzene rings is 1. The summed E-state index contributed by atoms with van der Waals surface area (Å²) in [5.41, 5.74) is 0.546.